The van der Waals surface area contributed by atoms with E-state index in [1.807, 2.05) is 32.9 Å². The number of carbonyl (C=O) groups is 1. The number of hydrogen-bond donors (Lipinski definition) is 1. The zero-order valence-electron chi connectivity index (χ0n) is 19.5. The van der Waals surface area contributed by atoms with Crippen molar-refractivity contribution in [3.8, 4) is 0 Å². The summed E-state index contributed by atoms with van der Waals surface area (Å²) in [6, 6.07) is 3.88. The maximum atomic E-state index is 12.5. The molecule has 2 aromatic rings. The summed E-state index contributed by atoms with van der Waals surface area (Å²) in [4.78, 5) is 22.2. The maximum absolute atomic E-state index is 12.5. The molecule has 1 aliphatic carbocycles. The number of nitrogens with zero attached hydrogens (tertiary/aromatic N) is 3. The van der Waals surface area contributed by atoms with Crippen LogP contribution in [0, 0.1) is 5.92 Å². The first-order valence-electron chi connectivity index (χ1n) is 11.7. The number of rotatable bonds is 11. The van der Waals surface area contributed by atoms with Gasteiger partial charge in [0, 0.05) is 23.2 Å². The van der Waals surface area contributed by atoms with E-state index >= 15 is 0 Å². The smallest absolute Gasteiger partial charge is 0.307 e. The Labute approximate surface area is 195 Å². The number of nitrogens with one attached hydrogen (secondary N) is 1. The van der Waals surface area contributed by atoms with Crippen LogP contribution in [0.2, 0.25) is 0 Å². The van der Waals surface area contributed by atoms with Crippen molar-refractivity contribution in [2.45, 2.75) is 102 Å². The van der Waals surface area contributed by atoms with Gasteiger partial charge in [-0.05, 0) is 57.2 Å². The molecule has 0 bridgehead atoms. The van der Waals surface area contributed by atoms with Gasteiger partial charge >= 0.3 is 5.97 Å². The Morgan fingerprint density at radius 1 is 1.31 bits per heavy atom. The second-order valence-electron chi connectivity index (χ2n) is 9.58. The van der Waals surface area contributed by atoms with Crippen molar-refractivity contribution >= 4 is 17.9 Å². The summed E-state index contributed by atoms with van der Waals surface area (Å²) in [5.74, 6) is 1.60. The van der Waals surface area contributed by atoms with E-state index in [-0.39, 0.29) is 18.3 Å². The first-order chi connectivity index (χ1) is 15.4. The van der Waals surface area contributed by atoms with Crippen molar-refractivity contribution < 1.29 is 14.1 Å². The van der Waals surface area contributed by atoms with Crippen LogP contribution in [0.3, 0.4) is 0 Å². The standard InChI is InChI=1S/C24H36N4O3S/c1-24(2,3)30-22(29)15-19(12-7-11-18-9-5-4-6-10-18)23-27-21(28-31-23)17-26-32-20-13-8-14-25-16-20/h8,13-14,16,18-19,26H,4-7,9-12,15,17H2,1-3H3/t19-/m1/s1. The largest absolute Gasteiger partial charge is 0.460 e. The van der Waals surface area contributed by atoms with Crippen molar-refractivity contribution in [2.75, 3.05) is 0 Å². The van der Waals surface area contributed by atoms with E-state index < -0.39 is 5.60 Å². The number of hydrogen-bond acceptors (Lipinski definition) is 8. The third kappa shape index (κ3) is 8.90. The Kier molecular flexibility index (Phi) is 9.53. The Morgan fingerprint density at radius 3 is 2.84 bits per heavy atom. The van der Waals surface area contributed by atoms with Crippen LogP contribution in [-0.4, -0.2) is 26.7 Å². The third-order valence-corrected chi connectivity index (χ3v) is 6.38. The SMILES string of the molecule is CC(C)(C)OC(=O)C[C@@H](CCCC1CCCCC1)c1nc(CNSc2cccnc2)no1. The molecule has 3 rings (SSSR count). The molecule has 1 aliphatic rings. The molecule has 0 spiro atoms. The normalized spacial score (nSPS) is 16.1. The zero-order valence-corrected chi connectivity index (χ0v) is 20.3. The lowest BCUT2D eigenvalue weighted by atomic mass is 9.84. The highest BCUT2D eigenvalue weighted by molar-refractivity contribution is 7.97. The van der Waals surface area contributed by atoms with E-state index in [0.29, 0.717) is 18.3 Å². The highest BCUT2D eigenvalue weighted by Gasteiger charge is 2.26. The lowest BCUT2D eigenvalue weighted by molar-refractivity contribution is -0.155. The molecule has 0 saturated heterocycles. The van der Waals surface area contributed by atoms with Gasteiger partial charge in [0.15, 0.2) is 5.82 Å². The number of ether oxygens (including phenoxy) is 1. The van der Waals surface area contributed by atoms with E-state index in [0.717, 1.165) is 23.7 Å². The molecular weight excluding hydrogens is 424 g/mol. The van der Waals surface area contributed by atoms with Gasteiger partial charge in [0.2, 0.25) is 5.89 Å². The van der Waals surface area contributed by atoms with Gasteiger partial charge in [0.25, 0.3) is 0 Å². The van der Waals surface area contributed by atoms with Gasteiger partial charge in [0.05, 0.1) is 13.0 Å². The summed E-state index contributed by atoms with van der Waals surface area (Å²) >= 11 is 1.47. The molecule has 2 heterocycles. The number of aromatic nitrogens is 3. The highest BCUT2D eigenvalue weighted by atomic mass is 32.2. The maximum Gasteiger partial charge on any atom is 0.307 e. The van der Waals surface area contributed by atoms with Crippen molar-refractivity contribution in [2.24, 2.45) is 5.92 Å². The van der Waals surface area contributed by atoms with Crippen LogP contribution in [0.1, 0.15) is 96.2 Å². The monoisotopic (exact) mass is 460 g/mol. The van der Waals surface area contributed by atoms with Gasteiger partial charge < -0.3 is 9.26 Å². The second-order valence-corrected chi connectivity index (χ2v) is 10.5. The minimum Gasteiger partial charge on any atom is -0.460 e. The minimum absolute atomic E-state index is 0.110. The van der Waals surface area contributed by atoms with E-state index in [1.165, 1.54) is 50.5 Å². The summed E-state index contributed by atoms with van der Waals surface area (Å²) in [6.07, 6.45) is 13.7. The molecule has 1 saturated carbocycles. The topological polar surface area (TPSA) is 90.1 Å². The molecule has 2 aromatic heterocycles. The molecule has 0 amide bonds. The van der Waals surface area contributed by atoms with E-state index in [1.54, 1.807) is 12.4 Å². The van der Waals surface area contributed by atoms with Crippen LogP contribution in [0.5, 0.6) is 0 Å². The molecule has 1 fully saturated rings. The third-order valence-electron chi connectivity index (χ3n) is 5.61. The van der Waals surface area contributed by atoms with Crippen LogP contribution in [0.15, 0.2) is 33.9 Å². The van der Waals surface area contributed by atoms with Crippen molar-refractivity contribution in [3.05, 3.63) is 36.2 Å². The van der Waals surface area contributed by atoms with E-state index in [4.69, 9.17) is 9.26 Å². The molecule has 7 nitrogen and oxygen atoms in total. The second kappa shape index (κ2) is 12.3. The predicted molar refractivity (Wildman–Crippen MR) is 125 cm³/mol. The minimum atomic E-state index is -0.503. The van der Waals surface area contributed by atoms with Gasteiger partial charge in [-0.25, -0.2) is 0 Å². The highest BCUT2D eigenvalue weighted by Crippen LogP contribution is 2.31. The molecule has 32 heavy (non-hydrogen) atoms. The summed E-state index contributed by atoms with van der Waals surface area (Å²) in [5, 5.41) is 4.12. The Morgan fingerprint density at radius 2 is 2.12 bits per heavy atom. The van der Waals surface area contributed by atoms with Crippen LogP contribution < -0.4 is 4.72 Å². The lowest BCUT2D eigenvalue weighted by Crippen LogP contribution is -2.25. The molecule has 1 N–H and O–H groups in total. The van der Waals surface area contributed by atoms with Crippen LogP contribution in [0.4, 0.5) is 0 Å². The van der Waals surface area contributed by atoms with Crippen LogP contribution in [0.25, 0.3) is 0 Å². The summed E-state index contributed by atoms with van der Waals surface area (Å²) in [5.41, 5.74) is -0.503. The average molecular weight is 461 g/mol. The number of esters is 1. The zero-order chi connectivity index (χ0) is 22.8. The van der Waals surface area contributed by atoms with Gasteiger partial charge in [-0.3, -0.25) is 14.5 Å². The molecule has 0 radical (unpaired) electrons. The number of carbonyl (C=O) groups excluding carboxylic acids is 1. The van der Waals surface area contributed by atoms with Crippen molar-refractivity contribution in [1.29, 1.82) is 0 Å². The van der Waals surface area contributed by atoms with Gasteiger partial charge in [0.1, 0.15) is 5.60 Å². The van der Waals surface area contributed by atoms with Gasteiger partial charge in [-0.1, -0.05) is 50.1 Å². The molecule has 176 valence electrons. The fraction of sp³-hybridized carbons (Fsp3) is 0.667. The van der Waals surface area contributed by atoms with Crippen molar-refractivity contribution in [3.63, 3.8) is 0 Å². The fourth-order valence-corrected chi connectivity index (χ4v) is 4.75. The van der Waals surface area contributed by atoms with E-state index in [2.05, 4.69) is 19.8 Å². The molecule has 0 unspecified atom stereocenters. The van der Waals surface area contributed by atoms with Crippen LogP contribution in [-0.2, 0) is 16.1 Å². The summed E-state index contributed by atoms with van der Waals surface area (Å²) < 4.78 is 14.4. The quantitative estimate of drug-likeness (QED) is 0.331. The molecule has 0 aromatic carbocycles. The summed E-state index contributed by atoms with van der Waals surface area (Å²) in [7, 11) is 0. The average Bonchev–Trinajstić information content (AvgIpc) is 3.22. The Bertz CT molecular complexity index is 816. The van der Waals surface area contributed by atoms with Gasteiger partial charge in [-0.2, -0.15) is 4.98 Å². The van der Waals surface area contributed by atoms with Crippen molar-refractivity contribution in [1.82, 2.24) is 19.8 Å². The molecule has 8 heteroatoms. The van der Waals surface area contributed by atoms with Crippen LogP contribution >= 0.6 is 11.9 Å². The first kappa shape index (κ1) is 24.7. The fourth-order valence-electron chi connectivity index (χ4n) is 4.12. The lowest BCUT2D eigenvalue weighted by Gasteiger charge is -2.23. The Hall–Kier alpha value is -1.93. The molecular formula is C24H36N4O3S. The Balaban J connectivity index is 1.55. The van der Waals surface area contributed by atoms with Gasteiger partial charge in [-0.15, -0.1) is 0 Å². The molecule has 1 atom stereocenters. The number of pyridine rings is 1. The van der Waals surface area contributed by atoms with E-state index in [9.17, 15) is 4.79 Å². The predicted octanol–water partition coefficient (Wildman–Crippen LogP) is 5.83. The summed E-state index contributed by atoms with van der Waals surface area (Å²) in [6.45, 7) is 6.13. The molecule has 0 aliphatic heterocycles. The first-order valence-corrected chi connectivity index (χ1v) is 12.5.